The van der Waals surface area contributed by atoms with E-state index < -0.39 is 17.2 Å². The van der Waals surface area contributed by atoms with E-state index in [1.807, 2.05) is 0 Å². The minimum Gasteiger partial charge on any atom is -0.505 e. The first-order valence-electron chi connectivity index (χ1n) is 5.73. The van der Waals surface area contributed by atoms with Crippen LogP contribution in [0, 0.1) is 0 Å². The third kappa shape index (κ3) is 2.61. The van der Waals surface area contributed by atoms with Gasteiger partial charge < -0.3 is 15.2 Å². The molecule has 0 aliphatic carbocycles. The summed E-state index contributed by atoms with van der Waals surface area (Å²) in [6.07, 6.45) is 1.05. The number of aromatic hydroxyl groups is 1. The molecule has 0 saturated carbocycles. The monoisotopic (exact) mass is 275 g/mol. The van der Waals surface area contributed by atoms with Gasteiger partial charge in [-0.15, -0.1) is 0 Å². The Morgan fingerprint density at radius 3 is 2.60 bits per heavy atom. The van der Waals surface area contributed by atoms with Gasteiger partial charge in [0.15, 0.2) is 5.75 Å². The Morgan fingerprint density at radius 2 is 2.00 bits per heavy atom. The van der Waals surface area contributed by atoms with Gasteiger partial charge >= 0.3 is 0 Å². The van der Waals surface area contributed by atoms with E-state index in [-0.39, 0.29) is 5.56 Å². The lowest BCUT2D eigenvalue weighted by Gasteiger charge is -2.07. The highest BCUT2D eigenvalue weighted by Crippen LogP contribution is 2.17. The van der Waals surface area contributed by atoms with Gasteiger partial charge in [0.25, 0.3) is 11.5 Å². The van der Waals surface area contributed by atoms with Gasteiger partial charge in [-0.05, 0) is 24.3 Å². The molecule has 2 rings (SSSR count). The fourth-order valence-corrected chi connectivity index (χ4v) is 1.61. The third-order valence-electron chi connectivity index (χ3n) is 2.69. The number of amides is 1. The smallest absolute Gasteiger partial charge is 0.283 e. The maximum atomic E-state index is 12.0. The molecule has 0 aliphatic rings. The Hall–Kier alpha value is -2.83. The van der Waals surface area contributed by atoms with Crippen LogP contribution in [-0.2, 0) is 7.05 Å². The van der Waals surface area contributed by atoms with Crippen LogP contribution in [0.4, 0.5) is 5.69 Å². The molecule has 1 aromatic carbocycles. The van der Waals surface area contributed by atoms with Crippen molar-refractivity contribution in [3.8, 4) is 11.5 Å². The predicted molar refractivity (Wildman–Crippen MR) is 72.1 cm³/mol. The summed E-state index contributed by atoms with van der Waals surface area (Å²) in [5, 5.41) is 15.7. The van der Waals surface area contributed by atoms with Crippen LogP contribution in [0.2, 0.25) is 0 Å². The molecule has 0 saturated heterocycles. The number of aromatic nitrogens is 2. The molecule has 0 bridgehead atoms. The van der Waals surface area contributed by atoms with Crippen molar-refractivity contribution in [3.63, 3.8) is 0 Å². The Balaban J connectivity index is 2.28. The normalized spacial score (nSPS) is 10.1. The van der Waals surface area contributed by atoms with Crippen LogP contribution in [0.25, 0.3) is 0 Å². The van der Waals surface area contributed by atoms with E-state index in [9.17, 15) is 14.7 Å². The van der Waals surface area contributed by atoms with Crippen molar-refractivity contribution >= 4 is 11.6 Å². The number of ether oxygens (including phenoxy) is 1. The largest absolute Gasteiger partial charge is 0.505 e. The number of methoxy groups -OCH3 is 1. The number of benzene rings is 1. The Morgan fingerprint density at radius 1 is 1.35 bits per heavy atom. The average molecular weight is 275 g/mol. The van der Waals surface area contributed by atoms with Crippen LogP contribution in [0.3, 0.4) is 0 Å². The van der Waals surface area contributed by atoms with Gasteiger partial charge in [0, 0.05) is 12.7 Å². The minimum atomic E-state index is -0.698. The maximum Gasteiger partial charge on any atom is 0.283 e. The second-order valence-electron chi connectivity index (χ2n) is 4.02. The van der Waals surface area contributed by atoms with Crippen molar-refractivity contribution in [2.24, 2.45) is 7.05 Å². The molecule has 0 aliphatic heterocycles. The first-order valence-corrected chi connectivity index (χ1v) is 5.73. The number of anilines is 1. The molecule has 0 fully saturated rings. The summed E-state index contributed by atoms with van der Waals surface area (Å²) in [5.74, 6) is -0.513. The number of aryl methyl sites for hydroxylation is 1. The van der Waals surface area contributed by atoms with Gasteiger partial charge in [0.05, 0.1) is 13.3 Å². The average Bonchev–Trinajstić information content (AvgIpc) is 2.44. The van der Waals surface area contributed by atoms with E-state index in [1.165, 1.54) is 14.2 Å². The fourth-order valence-electron chi connectivity index (χ4n) is 1.61. The molecular weight excluding hydrogens is 262 g/mol. The highest BCUT2D eigenvalue weighted by atomic mass is 16.5. The van der Waals surface area contributed by atoms with Crippen LogP contribution >= 0.6 is 0 Å². The van der Waals surface area contributed by atoms with E-state index in [2.05, 4.69) is 10.4 Å². The van der Waals surface area contributed by atoms with Gasteiger partial charge in [0.2, 0.25) is 0 Å². The quantitative estimate of drug-likeness (QED) is 0.862. The molecule has 1 heterocycles. The fraction of sp³-hybridized carbons (Fsp3) is 0.154. The zero-order valence-electron chi connectivity index (χ0n) is 11.0. The molecule has 1 aromatic heterocycles. The van der Waals surface area contributed by atoms with Crippen LogP contribution in [0.1, 0.15) is 10.4 Å². The second kappa shape index (κ2) is 5.43. The number of carbonyl (C=O) groups excluding carboxylic acids is 1. The van der Waals surface area contributed by atoms with Crippen LogP contribution in [0.15, 0.2) is 35.3 Å². The molecule has 2 N–H and O–H groups in total. The molecule has 2 aromatic rings. The number of nitrogens with one attached hydrogen (secondary N) is 1. The van der Waals surface area contributed by atoms with E-state index >= 15 is 0 Å². The zero-order chi connectivity index (χ0) is 14.7. The molecule has 0 radical (unpaired) electrons. The maximum absolute atomic E-state index is 12.0. The SMILES string of the molecule is COc1ccc(NC(=O)c2c(O)cnn(C)c2=O)cc1. The van der Waals surface area contributed by atoms with Crippen LogP contribution in [0.5, 0.6) is 11.5 Å². The van der Waals surface area contributed by atoms with E-state index in [0.717, 1.165) is 10.9 Å². The lowest BCUT2D eigenvalue weighted by Crippen LogP contribution is -2.29. The standard InChI is InChI=1S/C13H13N3O4/c1-16-13(19)11(10(17)7-14-16)12(18)15-8-3-5-9(20-2)6-4-8/h3-7,17H,1-2H3,(H,15,18). The van der Waals surface area contributed by atoms with Crippen molar-refractivity contribution in [3.05, 3.63) is 46.4 Å². The van der Waals surface area contributed by atoms with Crippen molar-refractivity contribution < 1.29 is 14.6 Å². The molecule has 7 heteroatoms. The topological polar surface area (TPSA) is 93.4 Å². The summed E-state index contributed by atoms with van der Waals surface area (Å²) in [7, 11) is 2.93. The van der Waals surface area contributed by atoms with Crippen molar-refractivity contribution in [1.82, 2.24) is 9.78 Å². The van der Waals surface area contributed by atoms with Gasteiger partial charge in [0.1, 0.15) is 11.3 Å². The lowest BCUT2D eigenvalue weighted by atomic mass is 10.2. The highest BCUT2D eigenvalue weighted by molar-refractivity contribution is 6.05. The van der Waals surface area contributed by atoms with Crippen LogP contribution in [-0.4, -0.2) is 27.9 Å². The highest BCUT2D eigenvalue weighted by Gasteiger charge is 2.17. The number of hydrogen-bond donors (Lipinski definition) is 2. The first kappa shape index (κ1) is 13.6. The minimum absolute atomic E-state index is 0.349. The summed E-state index contributed by atoms with van der Waals surface area (Å²) < 4.78 is 5.97. The number of rotatable bonds is 3. The second-order valence-corrected chi connectivity index (χ2v) is 4.02. The third-order valence-corrected chi connectivity index (χ3v) is 2.69. The summed E-state index contributed by atoms with van der Waals surface area (Å²) >= 11 is 0. The van der Waals surface area contributed by atoms with E-state index in [1.54, 1.807) is 24.3 Å². The van der Waals surface area contributed by atoms with Gasteiger partial charge in [-0.25, -0.2) is 4.68 Å². The van der Waals surface area contributed by atoms with Gasteiger partial charge in [-0.1, -0.05) is 0 Å². The van der Waals surface area contributed by atoms with Gasteiger partial charge in [-0.2, -0.15) is 5.10 Å². The summed E-state index contributed by atoms with van der Waals surface area (Å²) in [6, 6.07) is 6.58. The van der Waals surface area contributed by atoms with E-state index in [4.69, 9.17) is 4.74 Å². The first-order chi connectivity index (χ1) is 9.52. The zero-order valence-corrected chi connectivity index (χ0v) is 11.0. The lowest BCUT2D eigenvalue weighted by molar-refractivity contribution is 0.102. The molecular formula is C13H13N3O4. The molecule has 104 valence electrons. The Bertz CT molecular complexity index is 692. The number of carbonyl (C=O) groups is 1. The molecule has 1 amide bonds. The van der Waals surface area contributed by atoms with Crippen molar-refractivity contribution in [1.29, 1.82) is 0 Å². The van der Waals surface area contributed by atoms with Crippen molar-refractivity contribution in [2.45, 2.75) is 0 Å². The van der Waals surface area contributed by atoms with Crippen LogP contribution < -0.4 is 15.6 Å². The van der Waals surface area contributed by atoms with Gasteiger partial charge in [-0.3, -0.25) is 9.59 Å². The Labute approximate surface area is 114 Å². The summed E-state index contributed by atoms with van der Waals surface area (Å²) in [6.45, 7) is 0. The Kier molecular flexibility index (Phi) is 3.69. The van der Waals surface area contributed by atoms with Crippen molar-refractivity contribution in [2.75, 3.05) is 12.4 Å². The molecule has 0 spiro atoms. The molecule has 20 heavy (non-hydrogen) atoms. The summed E-state index contributed by atoms with van der Waals surface area (Å²) in [5.41, 5.74) is -0.539. The molecule has 7 nitrogen and oxygen atoms in total. The number of hydrogen-bond acceptors (Lipinski definition) is 5. The van der Waals surface area contributed by atoms with E-state index in [0.29, 0.717) is 11.4 Å². The predicted octanol–water partition coefficient (Wildman–Crippen LogP) is 0.747. The molecule has 0 atom stereocenters. The summed E-state index contributed by atoms with van der Waals surface area (Å²) in [4.78, 5) is 23.8. The molecule has 0 unspecified atom stereocenters. The number of nitrogens with zero attached hydrogens (tertiary/aromatic N) is 2.